The topological polar surface area (TPSA) is 44.8 Å². The molecule has 4 nitrogen and oxygen atoms in total. The summed E-state index contributed by atoms with van der Waals surface area (Å²) < 4.78 is 17.0. The van der Waals surface area contributed by atoms with Crippen LogP contribution in [-0.2, 0) is 0 Å². The Bertz CT molecular complexity index is 961. The predicted molar refractivity (Wildman–Crippen MR) is 95.8 cm³/mol. The van der Waals surface area contributed by atoms with E-state index < -0.39 is 6.10 Å². The van der Waals surface area contributed by atoms with Gasteiger partial charge in [0, 0.05) is 5.56 Å². The average Bonchev–Trinajstić information content (AvgIpc) is 2.66. The van der Waals surface area contributed by atoms with Crippen LogP contribution in [-0.4, -0.2) is 20.0 Å². The maximum absolute atomic E-state index is 12.9. The Kier molecular flexibility index (Phi) is 3.80. The van der Waals surface area contributed by atoms with Crippen LogP contribution in [0.15, 0.2) is 54.6 Å². The van der Waals surface area contributed by atoms with Gasteiger partial charge in [-0.1, -0.05) is 42.5 Å². The second kappa shape index (κ2) is 6.13. The molecule has 0 fully saturated rings. The Hall–Kier alpha value is -3.01. The molecule has 0 amide bonds. The van der Waals surface area contributed by atoms with Crippen LogP contribution in [0.2, 0.25) is 0 Å². The maximum Gasteiger partial charge on any atom is 0.171 e. The third kappa shape index (κ3) is 2.50. The summed E-state index contributed by atoms with van der Waals surface area (Å²) in [6.45, 7) is 0. The molecule has 0 spiro atoms. The van der Waals surface area contributed by atoms with E-state index in [9.17, 15) is 4.79 Å². The second-order valence-electron chi connectivity index (χ2n) is 5.98. The predicted octanol–water partition coefficient (Wildman–Crippen LogP) is 4.56. The molecule has 1 aliphatic rings. The molecular formula is C21H18O4. The second-order valence-corrected chi connectivity index (χ2v) is 5.98. The van der Waals surface area contributed by atoms with E-state index in [0.29, 0.717) is 22.8 Å². The fraction of sp³-hybridized carbons (Fsp3) is 0.190. The van der Waals surface area contributed by atoms with Gasteiger partial charge in [-0.15, -0.1) is 0 Å². The van der Waals surface area contributed by atoms with Crippen LogP contribution in [0.5, 0.6) is 17.2 Å². The zero-order valence-electron chi connectivity index (χ0n) is 14.1. The summed E-state index contributed by atoms with van der Waals surface area (Å²) in [5.41, 5.74) is 1.48. The van der Waals surface area contributed by atoms with Gasteiger partial charge in [0.2, 0.25) is 0 Å². The van der Waals surface area contributed by atoms with Crippen molar-refractivity contribution in [2.75, 3.05) is 14.2 Å². The lowest BCUT2D eigenvalue weighted by molar-refractivity contribution is 0.0849. The first-order chi connectivity index (χ1) is 12.2. The van der Waals surface area contributed by atoms with Gasteiger partial charge in [0.15, 0.2) is 17.3 Å². The molecule has 0 N–H and O–H groups in total. The van der Waals surface area contributed by atoms with Gasteiger partial charge in [0.25, 0.3) is 0 Å². The van der Waals surface area contributed by atoms with E-state index in [1.54, 1.807) is 14.2 Å². The summed E-state index contributed by atoms with van der Waals surface area (Å²) in [6.07, 6.45) is -0.129. The molecule has 126 valence electrons. The van der Waals surface area contributed by atoms with Gasteiger partial charge in [0.05, 0.1) is 26.2 Å². The summed E-state index contributed by atoms with van der Waals surface area (Å²) in [4.78, 5) is 12.9. The van der Waals surface area contributed by atoms with Crippen molar-refractivity contribution in [3.05, 3.63) is 65.7 Å². The van der Waals surface area contributed by atoms with E-state index in [1.807, 2.05) is 54.6 Å². The zero-order valence-corrected chi connectivity index (χ0v) is 14.1. The monoisotopic (exact) mass is 334 g/mol. The maximum atomic E-state index is 12.9. The Morgan fingerprint density at radius 1 is 0.960 bits per heavy atom. The number of para-hydroxylation sites is 1. The van der Waals surface area contributed by atoms with Gasteiger partial charge in [0.1, 0.15) is 11.9 Å². The lowest BCUT2D eigenvalue weighted by Crippen LogP contribution is -2.21. The van der Waals surface area contributed by atoms with Crippen LogP contribution < -0.4 is 14.2 Å². The van der Waals surface area contributed by atoms with E-state index in [0.717, 1.165) is 16.3 Å². The van der Waals surface area contributed by atoms with Crippen molar-refractivity contribution in [1.29, 1.82) is 0 Å². The van der Waals surface area contributed by atoms with Crippen molar-refractivity contribution < 1.29 is 19.0 Å². The van der Waals surface area contributed by atoms with Crippen molar-refractivity contribution in [2.45, 2.75) is 12.5 Å². The van der Waals surface area contributed by atoms with Gasteiger partial charge < -0.3 is 14.2 Å². The molecule has 0 bridgehead atoms. The number of ether oxygens (including phenoxy) is 3. The highest BCUT2D eigenvalue weighted by atomic mass is 16.5. The lowest BCUT2D eigenvalue weighted by Gasteiger charge is -2.28. The molecule has 1 unspecified atom stereocenters. The number of rotatable bonds is 3. The zero-order chi connectivity index (χ0) is 17.4. The van der Waals surface area contributed by atoms with E-state index >= 15 is 0 Å². The minimum absolute atomic E-state index is 0.0768. The van der Waals surface area contributed by atoms with Crippen molar-refractivity contribution in [3.63, 3.8) is 0 Å². The molecule has 0 radical (unpaired) electrons. The first-order valence-electron chi connectivity index (χ1n) is 8.15. The highest BCUT2D eigenvalue weighted by Gasteiger charge is 2.31. The van der Waals surface area contributed by atoms with Crippen LogP contribution in [0, 0.1) is 0 Å². The molecule has 1 atom stereocenters. The highest BCUT2D eigenvalue weighted by molar-refractivity contribution is 6.11. The van der Waals surface area contributed by atoms with Crippen LogP contribution in [0.25, 0.3) is 10.8 Å². The summed E-state index contributed by atoms with van der Waals surface area (Å²) in [6, 6.07) is 17.3. The largest absolute Gasteiger partial charge is 0.493 e. The fourth-order valence-electron chi connectivity index (χ4n) is 3.44. The summed E-state index contributed by atoms with van der Waals surface area (Å²) >= 11 is 0. The van der Waals surface area contributed by atoms with E-state index in [1.165, 1.54) is 0 Å². The Morgan fingerprint density at radius 2 is 1.80 bits per heavy atom. The number of benzene rings is 3. The number of carbonyl (C=O) groups is 1. The molecular weight excluding hydrogens is 316 g/mol. The number of Topliss-reactive ketones (excluding diaryl/α,β-unsaturated/α-hetero) is 1. The van der Waals surface area contributed by atoms with Crippen molar-refractivity contribution in [1.82, 2.24) is 0 Å². The number of ketones is 1. The van der Waals surface area contributed by atoms with Crippen LogP contribution in [0.4, 0.5) is 0 Å². The first kappa shape index (κ1) is 15.5. The van der Waals surface area contributed by atoms with Gasteiger partial charge in [-0.25, -0.2) is 0 Å². The molecule has 4 rings (SSSR count). The van der Waals surface area contributed by atoms with E-state index in [-0.39, 0.29) is 12.2 Å². The van der Waals surface area contributed by atoms with Crippen LogP contribution in [0.3, 0.4) is 0 Å². The first-order valence-corrected chi connectivity index (χ1v) is 8.15. The van der Waals surface area contributed by atoms with Gasteiger partial charge in [-0.2, -0.15) is 0 Å². The molecule has 4 heteroatoms. The molecule has 3 aromatic rings. The standard InChI is InChI=1S/C21H18O4/c1-23-18-9-5-8-15(21(18)24-2)19-12-16(22)20-14-7-4-3-6-13(14)10-11-17(20)25-19/h3-11,19H,12H2,1-2H3. The smallest absolute Gasteiger partial charge is 0.171 e. The molecule has 0 aliphatic carbocycles. The normalized spacial score (nSPS) is 16.2. The van der Waals surface area contributed by atoms with E-state index in [2.05, 4.69) is 0 Å². The van der Waals surface area contributed by atoms with Crippen molar-refractivity contribution >= 4 is 16.6 Å². The lowest BCUT2D eigenvalue weighted by atomic mass is 9.92. The minimum atomic E-state index is -0.397. The summed E-state index contributed by atoms with van der Waals surface area (Å²) in [5.74, 6) is 1.92. The van der Waals surface area contributed by atoms with Gasteiger partial charge in [-0.05, 0) is 22.9 Å². The van der Waals surface area contributed by atoms with Gasteiger partial charge in [-0.3, -0.25) is 4.79 Å². The van der Waals surface area contributed by atoms with Crippen LogP contribution in [0.1, 0.15) is 28.4 Å². The van der Waals surface area contributed by atoms with Gasteiger partial charge >= 0.3 is 0 Å². The third-order valence-corrected chi connectivity index (χ3v) is 4.59. The molecule has 0 aromatic heterocycles. The quantitative estimate of drug-likeness (QED) is 0.704. The molecule has 0 saturated carbocycles. The Balaban J connectivity index is 1.81. The Labute approximate surface area is 145 Å². The molecule has 25 heavy (non-hydrogen) atoms. The number of hydrogen-bond acceptors (Lipinski definition) is 4. The minimum Gasteiger partial charge on any atom is -0.493 e. The number of methoxy groups -OCH3 is 2. The number of fused-ring (bicyclic) bond motifs is 3. The van der Waals surface area contributed by atoms with Crippen LogP contribution >= 0.6 is 0 Å². The molecule has 1 aliphatic heterocycles. The summed E-state index contributed by atoms with van der Waals surface area (Å²) in [5, 5.41) is 1.97. The summed E-state index contributed by atoms with van der Waals surface area (Å²) in [7, 11) is 3.18. The fourth-order valence-corrected chi connectivity index (χ4v) is 3.44. The number of carbonyl (C=O) groups excluding carboxylic acids is 1. The molecule has 3 aromatic carbocycles. The van der Waals surface area contributed by atoms with Crippen molar-refractivity contribution in [3.8, 4) is 17.2 Å². The number of hydrogen-bond donors (Lipinski definition) is 0. The van der Waals surface area contributed by atoms with Crippen molar-refractivity contribution in [2.24, 2.45) is 0 Å². The molecule has 0 saturated heterocycles. The Morgan fingerprint density at radius 3 is 2.60 bits per heavy atom. The third-order valence-electron chi connectivity index (χ3n) is 4.59. The SMILES string of the molecule is COc1cccc(C2CC(=O)c3c(ccc4ccccc34)O2)c1OC. The average molecular weight is 334 g/mol. The highest BCUT2D eigenvalue weighted by Crippen LogP contribution is 2.43. The molecule has 1 heterocycles. The van der Waals surface area contributed by atoms with E-state index in [4.69, 9.17) is 14.2 Å².